The van der Waals surface area contributed by atoms with E-state index in [4.69, 9.17) is 4.74 Å². The number of fused-ring (bicyclic) bond motifs is 1. The Morgan fingerprint density at radius 1 is 1.41 bits per heavy atom. The Morgan fingerprint density at radius 3 is 2.77 bits per heavy atom. The summed E-state index contributed by atoms with van der Waals surface area (Å²) in [6, 6.07) is 0.0404. The maximum absolute atomic E-state index is 12.8. The van der Waals surface area contributed by atoms with E-state index < -0.39 is 0 Å². The van der Waals surface area contributed by atoms with Crippen LogP contribution in [0.5, 0.6) is 0 Å². The Morgan fingerprint density at radius 2 is 2.14 bits per heavy atom. The largest absolute Gasteiger partial charge is 0.367 e. The van der Waals surface area contributed by atoms with Crippen LogP contribution in [0.3, 0.4) is 0 Å². The van der Waals surface area contributed by atoms with Crippen LogP contribution in [-0.4, -0.2) is 33.3 Å². The number of nitrogens with zero attached hydrogens (tertiary/aromatic N) is 1. The normalized spacial score (nSPS) is 32.5. The summed E-state index contributed by atoms with van der Waals surface area (Å²) in [5, 5.41) is 10.4. The number of hydrogen-bond acceptors (Lipinski definition) is 3. The van der Waals surface area contributed by atoms with Gasteiger partial charge in [-0.3, -0.25) is 9.89 Å². The van der Waals surface area contributed by atoms with Gasteiger partial charge in [0.25, 0.3) is 0 Å². The summed E-state index contributed by atoms with van der Waals surface area (Å²) in [5.41, 5.74) is 1.64. The van der Waals surface area contributed by atoms with Crippen molar-refractivity contribution in [3.63, 3.8) is 0 Å². The number of carbonyl (C=O) groups excluding carboxylic acids is 1. The first-order valence-corrected chi connectivity index (χ1v) is 8.21. The van der Waals surface area contributed by atoms with Gasteiger partial charge in [0.15, 0.2) is 0 Å². The number of amides is 1. The average Bonchev–Trinajstić information content (AvgIpc) is 2.89. The number of aromatic amines is 1. The minimum atomic E-state index is -0.337. The maximum Gasteiger partial charge on any atom is 0.229 e. The van der Waals surface area contributed by atoms with Crippen LogP contribution in [0.25, 0.3) is 0 Å². The molecule has 1 aromatic rings. The Hall–Kier alpha value is -1.36. The van der Waals surface area contributed by atoms with Crippen LogP contribution in [0, 0.1) is 5.92 Å². The van der Waals surface area contributed by atoms with Crippen molar-refractivity contribution in [1.82, 2.24) is 15.5 Å². The van der Waals surface area contributed by atoms with Crippen LogP contribution in [-0.2, 0) is 16.0 Å². The molecule has 0 radical (unpaired) electrons. The standard InChI is InChI=1S/C17H27N3O2/c1-10-6-11-9-18-20-14(11)12(7-10)15(21)19-13-8-16(2,3)22-17(13,4)5/h9-10,12-13H,6-8H2,1-5H3,(H,18,20)(H,19,21). The van der Waals surface area contributed by atoms with E-state index >= 15 is 0 Å². The summed E-state index contributed by atoms with van der Waals surface area (Å²) >= 11 is 0. The Bertz CT molecular complexity index is 576. The van der Waals surface area contributed by atoms with Gasteiger partial charge >= 0.3 is 0 Å². The van der Waals surface area contributed by atoms with Gasteiger partial charge in [0.2, 0.25) is 5.91 Å². The van der Waals surface area contributed by atoms with Crippen LogP contribution in [0.4, 0.5) is 0 Å². The number of aromatic nitrogens is 2. The minimum Gasteiger partial charge on any atom is -0.367 e. The molecule has 1 aromatic heterocycles. The van der Waals surface area contributed by atoms with Gasteiger partial charge < -0.3 is 10.1 Å². The lowest BCUT2D eigenvalue weighted by Gasteiger charge is -2.31. The van der Waals surface area contributed by atoms with Crippen molar-refractivity contribution in [2.75, 3.05) is 0 Å². The van der Waals surface area contributed by atoms with E-state index in [9.17, 15) is 4.79 Å². The topological polar surface area (TPSA) is 67.0 Å². The molecule has 3 atom stereocenters. The fourth-order valence-corrected chi connectivity index (χ4v) is 4.06. The van der Waals surface area contributed by atoms with Crippen LogP contribution in [0.1, 0.15) is 64.6 Å². The quantitative estimate of drug-likeness (QED) is 0.882. The molecular weight excluding hydrogens is 278 g/mol. The molecule has 1 amide bonds. The highest BCUT2D eigenvalue weighted by Gasteiger charge is 2.47. The smallest absolute Gasteiger partial charge is 0.229 e. The van der Waals surface area contributed by atoms with Crippen molar-refractivity contribution >= 4 is 5.91 Å². The Balaban J connectivity index is 1.76. The molecule has 0 saturated carbocycles. The molecule has 2 heterocycles. The predicted octanol–water partition coefficient (Wildman–Crippen LogP) is 2.54. The average molecular weight is 305 g/mol. The third kappa shape index (κ3) is 2.78. The molecule has 2 N–H and O–H groups in total. The second-order valence-electron chi connectivity index (χ2n) is 8.14. The van der Waals surface area contributed by atoms with Crippen molar-refractivity contribution < 1.29 is 9.53 Å². The van der Waals surface area contributed by atoms with Crippen molar-refractivity contribution in [1.29, 1.82) is 0 Å². The predicted molar refractivity (Wildman–Crippen MR) is 84.6 cm³/mol. The number of carbonyl (C=O) groups is 1. The summed E-state index contributed by atoms with van der Waals surface area (Å²) in [4.78, 5) is 12.8. The van der Waals surface area contributed by atoms with E-state index in [-0.39, 0.29) is 29.1 Å². The van der Waals surface area contributed by atoms with E-state index in [1.165, 1.54) is 5.56 Å². The van der Waals surface area contributed by atoms with Crippen molar-refractivity contribution in [3.05, 3.63) is 17.5 Å². The zero-order chi connectivity index (χ0) is 16.1. The van der Waals surface area contributed by atoms with E-state index in [0.29, 0.717) is 5.92 Å². The highest BCUT2D eigenvalue weighted by molar-refractivity contribution is 5.84. The van der Waals surface area contributed by atoms with Crippen molar-refractivity contribution in [2.45, 2.75) is 77.0 Å². The van der Waals surface area contributed by atoms with Crippen LogP contribution >= 0.6 is 0 Å². The first kappa shape index (κ1) is 15.5. The molecule has 3 unspecified atom stereocenters. The van der Waals surface area contributed by atoms with Gasteiger partial charge in [0.1, 0.15) is 0 Å². The molecule has 0 bridgehead atoms. The van der Waals surface area contributed by atoms with Crippen LogP contribution in [0.2, 0.25) is 0 Å². The fourth-order valence-electron chi connectivity index (χ4n) is 4.06. The highest BCUT2D eigenvalue weighted by atomic mass is 16.5. The summed E-state index contributed by atoms with van der Waals surface area (Å²) in [6.07, 6.45) is 4.57. The molecule has 1 aliphatic heterocycles. The van der Waals surface area contributed by atoms with E-state index in [1.807, 2.05) is 6.20 Å². The van der Waals surface area contributed by atoms with Gasteiger partial charge in [-0.15, -0.1) is 0 Å². The minimum absolute atomic E-state index is 0.0404. The monoisotopic (exact) mass is 305 g/mol. The number of H-pyrrole nitrogens is 1. The fraction of sp³-hybridized carbons (Fsp3) is 0.765. The van der Waals surface area contributed by atoms with Crippen molar-refractivity contribution in [2.24, 2.45) is 5.92 Å². The zero-order valence-corrected chi connectivity index (χ0v) is 14.2. The molecule has 5 nitrogen and oxygen atoms in total. The molecule has 2 aliphatic rings. The third-order valence-electron chi connectivity index (χ3n) is 5.01. The second-order valence-corrected chi connectivity index (χ2v) is 8.14. The molecule has 3 rings (SSSR count). The molecule has 22 heavy (non-hydrogen) atoms. The van der Waals surface area contributed by atoms with E-state index in [0.717, 1.165) is 25.0 Å². The number of rotatable bonds is 2. The van der Waals surface area contributed by atoms with E-state index in [1.54, 1.807) is 0 Å². The van der Waals surface area contributed by atoms with Gasteiger partial charge in [-0.05, 0) is 58.4 Å². The van der Waals surface area contributed by atoms with Gasteiger partial charge in [-0.2, -0.15) is 5.10 Å². The number of ether oxygens (including phenoxy) is 1. The molecule has 0 aromatic carbocycles. The lowest BCUT2D eigenvalue weighted by atomic mass is 9.80. The first-order valence-electron chi connectivity index (χ1n) is 8.21. The molecule has 5 heteroatoms. The van der Waals surface area contributed by atoms with Gasteiger partial charge in [-0.1, -0.05) is 6.92 Å². The Labute approximate surface area is 132 Å². The number of hydrogen-bond donors (Lipinski definition) is 2. The summed E-state index contributed by atoms with van der Waals surface area (Å²) < 4.78 is 6.08. The van der Waals surface area contributed by atoms with Crippen LogP contribution < -0.4 is 5.32 Å². The number of nitrogens with one attached hydrogen (secondary N) is 2. The van der Waals surface area contributed by atoms with Crippen LogP contribution in [0.15, 0.2) is 6.20 Å². The summed E-state index contributed by atoms with van der Waals surface area (Å²) in [6.45, 7) is 10.5. The molecule has 122 valence electrons. The first-order chi connectivity index (χ1) is 10.2. The summed E-state index contributed by atoms with van der Waals surface area (Å²) in [7, 11) is 0. The summed E-state index contributed by atoms with van der Waals surface area (Å²) in [5.74, 6) is 0.474. The third-order valence-corrected chi connectivity index (χ3v) is 5.01. The van der Waals surface area contributed by atoms with Gasteiger partial charge in [-0.25, -0.2) is 0 Å². The van der Waals surface area contributed by atoms with E-state index in [2.05, 4.69) is 50.1 Å². The molecule has 1 aliphatic carbocycles. The Kier molecular flexibility index (Phi) is 3.59. The van der Waals surface area contributed by atoms with Crippen molar-refractivity contribution in [3.8, 4) is 0 Å². The molecule has 1 fully saturated rings. The molecule has 1 saturated heterocycles. The maximum atomic E-state index is 12.8. The molecule has 0 spiro atoms. The second kappa shape index (κ2) is 5.08. The molecular formula is C17H27N3O2. The SMILES string of the molecule is CC1Cc2cn[nH]c2C(C(=O)NC2CC(C)(C)OC2(C)C)C1. The van der Waals surface area contributed by atoms with Gasteiger partial charge in [0.05, 0.1) is 35.1 Å². The van der Waals surface area contributed by atoms with Gasteiger partial charge in [0, 0.05) is 0 Å². The zero-order valence-electron chi connectivity index (χ0n) is 14.2. The lowest BCUT2D eigenvalue weighted by Crippen LogP contribution is -2.48. The highest BCUT2D eigenvalue weighted by Crippen LogP contribution is 2.38. The lowest BCUT2D eigenvalue weighted by molar-refractivity contribution is -0.125.